The molecule has 0 aliphatic rings. The molecule has 0 unspecified atom stereocenters. The third kappa shape index (κ3) is 6.74. The maximum Gasteiger partial charge on any atom is 0.326 e. The average molecular weight is 370 g/mol. The molecule has 1 rings (SSSR count). The smallest absolute Gasteiger partial charge is 0.326 e. The van der Waals surface area contributed by atoms with Gasteiger partial charge in [-0.25, -0.2) is 8.42 Å². The van der Waals surface area contributed by atoms with Gasteiger partial charge in [0.15, 0.2) is 0 Å². The highest BCUT2D eigenvalue weighted by Crippen LogP contribution is 2.22. The Morgan fingerprint density at radius 3 is 2.16 bits per heavy atom. The van der Waals surface area contributed by atoms with Crippen LogP contribution in [0.15, 0.2) is 24.3 Å². The maximum absolute atomic E-state index is 12.4. The summed E-state index contributed by atoms with van der Waals surface area (Å²) in [5.41, 5.74) is 0.514. The second-order valence-electron chi connectivity index (χ2n) is 6.89. The molecule has 25 heavy (non-hydrogen) atoms. The van der Waals surface area contributed by atoms with Crippen LogP contribution in [0.3, 0.4) is 0 Å². The first-order valence-corrected chi connectivity index (χ1v) is 9.65. The minimum Gasteiger partial charge on any atom is -0.459 e. The van der Waals surface area contributed by atoms with Crippen LogP contribution >= 0.6 is 0 Å². The van der Waals surface area contributed by atoms with Gasteiger partial charge in [0, 0.05) is 7.05 Å². The molecular weight excluding hydrogens is 344 g/mol. The fourth-order valence-electron chi connectivity index (χ4n) is 2.12. The number of carbonyl (C=O) groups excluding carboxylic acids is 2. The van der Waals surface area contributed by atoms with E-state index in [1.165, 1.54) is 7.05 Å². The van der Waals surface area contributed by atoms with Crippen molar-refractivity contribution >= 4 is 27.6 Å². The lowest BCUT2D eigenvalue weighted by atomic mass is 10.2. The normalized spacial score (nSPS) is 11.8. The fourth-order valence-corrected chi connectivity index (χ4v) is 3.03. The predicted octanol–water partition coefficient (Wildman–Crippen LogP) is 1.56. The molecule has 0 radical (unpaired) electrons. The Morgan fingerprint density at radius 2 is 1.68 bits per heavy atom. The van der Waals surface area contributed by atoms with E-state index in [2.05, 4.69) is 0 Å². The van der Waals surface area contributed by atoms with E-state index in [0.717, 1.165) is 21.0 Å². The van der Waals surface area contributed by atoms with Crippen LogP contribution < -0.4 is 4.31 Å². The molecular formula is C17H26N2O5S. The van der Waals surface area contributed by atoms with Crippen LogP contribution in [-0.4, -0.2) is 57.2 Å². The Balaban J connectivity index is 2.90. The van der Waals surface area contributed by atoms with Crippen LogP contribution in [-0.2, 0) is 24.3 Å². The van der Waals surface area contributed by atoms with E-state index < -0.39 is 27.5 Å². The number of hydrogen-bond acceptors (Lipinski definition) is 5. The number of likely N-dealkylation sites (N-methyl/N-ethyl adjacent to an activating group) is 1. The van der Waals surface area contributed by atoms with Crippen molar-refractivity contribution in [2.75, 3.05) is 30.7 Å². The average Bonchev–Trinajstić information content (AvgIpc) is 2.42. The summed E-state index contributed by atoms with van der Waals surface area (Å²) in [5, 5.41) is 0. The minimum atomic E-state index is -3.66. The molecule has 1 aromatic rings. The summed E-state index contributed by atoms with van der Waals surface area (Å²) in [5.74, 6) is -1.05. The largest absolute Gasteiger partial charge is 0.459 e. The number of benzene rings is 1. The Bertz CT molecular complexity index is 738. The zero-order chi connectivity index (χ0) is 19.4. The molecule has 0 N–H and O–H groups in total. The highest BCUT2D eigenvalue weighted by atomic mass is 32.2. The maximum atomic E-state index is 12.4. The summed E-state index contributed by atoms with van der Waals surface area (Å²) in [6.07, 6.45) is 1.04. The molecule has 0 spiro atoms. The number of esters is 1. The van der Waals surface area contributed by atoms with Crippen molar-refractivity contribution in [1.82, 2.24) is 4.90 Å². The molecule has 0 saturated heterocycles. The van der Waals surface area contributed by atoms with Gasteiger partial charge < -0.3 is 9.64 Å². The number of sulfonamides is 1. The van der Waals surface area contributed by atoms with Crippen LogP contribution in [0.2, 0.25) is 0 Å². The highest BCUT2D eigenvalue weighted by Gasteiger charge is 2.25. The number of aryl methyl sites for hydroxylation is 1. The number of amides is 1. The summed E-state index contributed by atoms with van der Waals surface area (Å²) < 4.78 is 30.4. The molecule has 0 fully saturated rings. The number of anilines is 1. The SMILES string of the molecule is Cc1ccccc1N(CC(=O)N(C)CC(=O)OC(C)(C)C)S(C)(=O)=O. The summed E-state index contributed by atoms with van der Waals surface area (Å²) in [7, 11) is -2.22. The van der Waals surface area contributed by atoms with E-state index in [-0.39, 0.29) is 13.1 Å². The van der Waals surface area contributed by atoms with Crippen molar-refractivity contribution in [1.29, 1.82) is 0 Å². The summed E-state index contributed by atoms with van der Waals surface area (Å²) in [4.78, 5) is 25.4. The lowest BCUT2D eigenvalue weighted by Gasteiger charge is -2.27. The summed E-state index contributed by atoms with van der Waals surface area (Å²) in [6.45, 7) is 6.33. The van der Waals surface area contributed by atoms with Gasteiger partial charge in [-0.3, -0.25) is 13.9 Å². The lowest BCUT2D eigenvalue weighted by Crippen LogP contribution is -2.44. The molecule has 0 saturated carbocycles. The Morgan fingerprint density at radius 1 is 1.12 bits per heavy atom. The molecule has 1 amide bonds. The summed E-state index contributed by atoms with van der Waals surface area (Å²) >= 11 is 0. The van der Waals surface area contributed by atoms with Gasteiger partial charge in [-0.2, -0.15) is 0 Å². The van der Waals surface area contributed by atoms with Crippen LogP contribution in [0.4, 0.5) is 5.69 Å². The van der Waals surface area contributed by atoms with Crippen LogP contribution in [0.5, 0.6) is 0 Å². The first kappa shape index (κ1) is 21.0. The van der Waals surface area contributed by atoms with Crippen molar-refractivity contribution in [2.45, 2.75) is 33.3 Å². The molecule has 0 aliphatic carbocycles. The third-order valence-electron chi connectivity index (χ3n) is 3.28. The van der Waals surface area contributed by atoms with Gasteiger partial charge in [-0.15, -0.1) is 0 Å². The number of hydrogen-bond donors (Lipinski definition) is 0. The van der Waals surface area contributed by atoms with Gasteiger partial charge in [0.05, 0.1) is 11.9 Å². The van der Waals surface area contributed by atoms with Crippen molar-refractivity contribution in [3.05, 3.63) is 29.8 Å². The van der Waals surface area contributed by atoms with Crippen LogP contribution in [0.25, 0.3) is 0 Å². The Kier molecular flexibility index (Phi) is 6.59. The minimum absolute atomic E-state index is 0.249. The van der Waals surface area contributed by atoms with Crippen molar-refractivity contribution in [3.63, 3.8) is 0 Å². The van der Waals surface area contributed by atoms with Crippen molar-refractivity contribution < 1.29 is 22.7 Å². The highest BCUT2D eigenvalue weighted by molar-refractivity contribution is 7.92. The van der Waals surface area contributed by atoms with Crippen molar-refractivity contribution in [3.8, 4) is 0 Å². The van der Waals surface area contributed by atoms with Gasteiger partial charge in [0.2, 0.25) is 15.9 Å². The van der Waals surface area contributed by atoms with E-state index in [1.54, 1.807) is 52.0 Å². The molecule has 8 heteroatoms. The van der Waals surface area contributed by atoms with Crippen LogP contribution in [0.1, 0.15) is 26.3 Å². The summed E-state index contributed by atoms with van der Waals surface area (Å²) in [6, 6.07) is 6.89. The Hall–Kier alpha value is -2.09. The molecule has 0 bridgehead atoms. The zero-order valence-electron chi connectivity index (χ0n) is 15.6. The number of ether oxygens (including phenoxy) is 1. The number of carbonyl (C=O) groups is 2. The molecule has 1 aromatic carbocycles. The lowest BCUT2D eigenvalue weighted by molar-refractivity contribution is -0.158. The molecule has 7 nitrogen and oxygen atoms in total. The van der Waals surface area contributed by atoms with Gasteiger partial charge >= 0.3 is 5.97 Å². The molecule has 0 aliphatic heterocycles. The zero-order valence-corrected chi connectivity index (χ0v) is 16.4. The van der Waals surface area contributed by atoms with Crippen LogP contribution in [0, 0.1) is 6.92 Å². The quantitative estimate of drug-likeness (QED) is 0.710. The Labute approximate surface area is 149 Å². The first-order valence-electron chi connectivity index (χ1n) is 7.80. The van der Waals surface area contributed by atoms with E-state index in [4.69, 9.17) is 4.74 Å². The molecule has 0 heterocycles. The molecule has 140 valence electrons. The predicted molar refractivity (Wildman–Crippen MR) is 96.9 cm³/mol. The number of para-hydroxylation sites is 1. The third-order valence-corrected chi connectivity index (χ3v) is 4.40. The van der Waals surface area contributed by atoms with Gasteiger partial charge in [-0.05, 0) is 39.3 Å². The standard InChI is InChI=1S/C17H26N2O5S/c1-13-9-7-8-10-14(13)19(25(6,22)23)11-15(20)18(5)12-16(21)24-17(2,3)4/h7-10H,11-12H2,1-6H3. The molecule has 0 aromatic heterocycles. The number of rotatable bonds is 6. The second kappa shape index (κ2) is 7.86. The second-order valence-corrected chi connectivity index (χ2v) is 8.80. The van der Waals surface area contributed by atoms with E-state index in [0.29, 0.717) is 5.69 Å². The van der Waals surface area contributed by atoms with E-state index >= 15 is 0 Å². The molecule has 0 atom stereocenters. The van der Waals surface area contributed by atoms with Gasteiger partial charge in [-0.1, -0.05) is 18.2 Å². The van der Waals surface area contributed by atoms with Gasteiger partial charge in [0.1, 0.15) is 18.7 Å². The fraction of sp³-hybridized carbons (Fsp3) is 0.529. The first-order chi connectivity index (χ1) is 11.3. The van der Waals surface area contributed by atoms with E-state index in [9.17, 15) is 18.0 Å². The van der Waals surface area contributed by atoms with Crippen molar-refractivity contribution in [2.24, 2.45) is 0 Å². The number of nitrogens with zero attached hydrogens (tertiary/aromatic N) is 2. The van der Waals surface area contributed by atoms with Gasteiger partial charge in [0.25, 0.3) is 0 Å². The topological polar surface area (TPSA) is 84.0 Å². The van der Waals surface area contributed by atoms with E-state index in [1.807, 2.05) is 0 Å². The monoisotopic (exact) mass is 370 g/mol.